The number of hydrogen-bond acceptors (Lipinski definition) is 6. The summed E-state index contributed by atoms with van der Waals surface area (Å²) in [7, 11) is 0. The number of nitrogens with zero attached hydrogens (tertiary/aromatic N) is 3. The lowest BCUT2D eigenvalue weighted by molar-refractivity contribution is -0.137. The van der Waals surface area contributed by atoms with E-state index in [9.17, 15) is 13.2 Å². The van der Waals surface area contributed by atoms with E-state index in [-0.39, 0.29) is 17.7 Å². The lowest BCUT2D eigenvalue weighted by Crippen LogP contribution is -2.58. The normalized spacial score (nSPS) is 18.7. The van der Waals surface area contributed by atoms with Gasteiger partial charge >= 0.3 is 6.18 Å². The third-order valence-electron chi connectivity index (χ3n) is 5.34. The molecule has 0 aromatic heterocycles. The molecule has 0 bridgehead atoms. The average Bonchev–Trinajstić information content (AvgIpc) is 2.69. The fraction of sp³-hybridized carbons (Fsp3) is 0.333. The second-order valence-electron chi connectivity index (χ2n) is 7.44. The highest BCUT2D eigenvalue weighted by atomic mass is 19.4. The molecular formula is C21H22F3N5O. The Bertz CT molecular complexity index is 979. The molecule has 0 unspecified atom stereocenters. The van der Waals surface area contributed by atoms with E-state index in [2.05, 4.69) is 9.98 Å². The van der Waals surface area contributed by atoms with Crippen LogP contribution in [0.1, 0.15) is 37.7 Å². The van der Waals surface area contributed by atoms with E-state index in [0.29, 0.717) is 5.75 Å². The first-order valence-electron chi connectivity index (χ1n) is 9.72. The Balaban J connectivity index is 1.58. The smallest absolute Gasteiger partial charge is 0.416 e. The van der Waals surface area contributed by atoms with Crippen LogP contribution in [0.25, 0.3) is 0 Å². The zero-order chi connectivity index (χ0) is 21.4. The van der Waals surface area contributed by atoms with Gasteiger partial charge < -0.3 is 16.2 Å². The highest BCUT2D eigenvalue weighted by Crippen LogP contribution is 2.40. The summed E-state index contributed by atoms with van der Waals surface area (Å²) >= 11 is 0. The van der Waals surface area contributed by atoms with Crippen molar-refractivity contribution in [3.63, 3.8) is 0 Å². The molecule has 0 radical (unpaired) electrons. The van der Waals surface area contributed by atoms with E-state index in [4.69, 9.17) is 16.2 Å². The quantitative estimate of drug-likeness (QED) is 0.763. The minimum Gasteiger partial charge on any atom is -0.457 e. The lowest BCUT2D eigenvalue weighted by atomic mass is 9.87. The SMILES string of the molecule is NC1=NC2(CCCCC2)N(c2ccc(Oc3cccc(C(F)(F)F)c3)cc2)C(N)=N1. The van der Waals surface area contributed by atoms with Crippen molar-refractivity contribution in [3.8, 4) is 11.5 Å². The number of alkyl halides is 3. The van der Waals surface area contributed by atoms with Crippen molar-refractivity contribution in [2.24, 2.45) is 21.5 Å². The fourth-order valence-electron chi connectivity index (χ4n) is 4.03. The third-order valence-corrected chi connectivity index (χ3v) is 5.34. The highest BCUT2D eigenvalue weighted by Gasteiger charge is 2.42. The van der Waals surface area contributed by atoms with Gasteiger partial charge in [-0.05, 0) is 68.1 Å². The molecule has 30 heavy (non-hydrogen) atoms. The lowest BCUT2D eigenvalue weighted by Gasteiger charge is -2.45. The Morgan fingerprint density at radius 2 is 1.63 bits per heavy atom. The Labute approximate surface area is 172 Å². The molecule has 0 saturated heterocycles. The molecule has 9 heteroatoms. The number of nitrogens with two attached hydrogens (primary N) is 2. The predicted octanol–water partition coefficient (Wildman–Crippen LogP) is 4.61. The van der Waals surface area contributed by atoms with Crippen molar-refractivity contribution in [2.75, 3.05) is 4.90 Å². The van der Waals surface area contributed by atoms with Gasteiger partial charge in [0, 0.05) is 5.69 Å². The molecule has 1 saturated carbocycles. The van der Waals surface area contributed by atoms with Gasteiger partial charge in [-0.2, -0.15) is 18.2 Å². The Hall–Kier alpha value is -3.23. The van der Waals surface area contributed by atoms with Crippen LogP contribution in [0, 0.1) is 0 Å². The van der Waals surface area contributed by atoms with E-state index in [1.54, 1.807) is 24.3 Å². The van der Waals surface area contributed by atoms with E-state index in [0.717, 1.165) is 49.9 Å². The highest BCUT2D eigenvalue weighted by molar-refractivity contribution is 6.05. The minimum atomic E-state index is -4.43. The maximum absolute atomic E-state index is 12.9. The van der Waals surface area contributed by atoms with Gasteiger partial charge in [0.15, 0.2) is 0 Å². The second kappa shape index (κ2) is 7.55. The minimum absolute atomic E-state index is 0.109. The monoisotopic (exact) mass is 417 g/mol. The number of benzene rings is 2. The first-order valence-corrected chi connectivity index (χ1v) is 9.72. The maximum atomic E-state index is 12.9. The van der Waals surface area contributed by atoms with E-state index >= 15 is 0 Å². The Kier molecular flexibility index (Phi) is 5.05. The van der Waals surface area contributed by atoms with Gasteiger partial charge in [0.2, 0.25) is 11.9 Å². The molecule has 1 heterocycles. The number of anilines is 1. The molecule has 6 nitrogen and oxygen atoms in total. The van der Waals surface area contributed by atoms with Crippen LogP contribution in [0.2, 0.25) is 0 Å². The number of guanidine groups is 2. The van der Waals surface area contributed by atoms with Crippen molar-refractivity contribution in [2.45, 2.75) is 43.9 Å². The molecule has 2 aromatic carbocycles. The molecule has 1 spiro atoms. The topological polar surface area (TPSA) is 89.2 Å². The third kappa shape index (κ3) is 3.92. The van der Waals surface area contributed by atoms with Gasteiger partial charge in [0.1, 0.15) is 17.2 Å². The Morgan fingerprint density at radius 1 is 0.933 bits per heavy atom. The molecule has 2 aliphatic rings. The summed E-state index contributed by atoms with van der Waals surface area (Å²) in [6.07, 6.45) is 0.351. The number of rotatable bonds is 3. The molecule has 0 amide bonds. The molecule has 4 rings (SSSR count). The summed E-state index contributed by atoms with van der Waals surface area (Å²) < 4.78 is 44.3. The van der Waals surface area contributed by atoms with Gasteiger partial charge in [-0.25, -0.2) is 4.99 Å². The van der Waals surface area contributed by atoms with Crippen molar-refractivity contribution in [3.05, 3.63) is 54.1 Å². The van der Waals surface area contributed by atoms with E-state index < -0.39 is 17.4 Å². The first kappa shape index (κ1) is 20.1. The van der Waals surface area contributed by atoms with Crippen LogP contribution >= 0.6 is 0 Å². The van der Waals surface area contributed by atoms with Crippen LogP contribution in [0.15, 0.2) is 58.5 Å². The molecule has 4 N–H and O–H groups in total. The van der Waals surface area contributed by atoms with Gasteiger partial charge in [0.05, 0.1) is 5.56 Å². The van der Waals surface area contributed by atoms with Crippen LogP contribution in [-0.2, 0) is 6.18 Å². The predicted molar refractivity (Wildman–Crippen MR) is 109 cm³/mol. The number of halogens is 3. The summed E-state index contributed by atoms with van der Waals surface area (Å²) in [4.78, 5) is 10.6. The summed E-state index contributed by atoms with van der Waals surface area (Å²) in [5.74, 6) is 0.968. The fourth-order valence-corrected chi connectivity index (χ4v) is 4.03. The zero-order valence-corrected chi connectivity index (χ0v) is 16.2. The van der Waals surface area contributed by atoms with Crippen LogP contribution in [0.5, 0.6) is 11.5 Å². The van der Waals surface area contributed by atoms with Crippen LogP contribution in [-0.4, -0.2) is 17.6 Å². The van der Waals surface area contributed by atoms with E-state index in [1.807, 2.05) is 4.90 Å². The van der Waals surface area contributed by atoms with Crippen molar-refractivity contribution < 1.29 is 17.9 Å². The number of aliphatic imine (C=N–C) groups is 2. The standard InChI is InChI=1S/C21H22F3N5O/c22-21(23,24)14-5-4-6-17(13-14)30-16-9-7-15(8-10-16)29-19(26)27-18(25)28-20(29)11-2-1-3-12-20/h4-10,13H,1-3,11-12H2,(H4,25,26,27,28). The molecular weight excluding hydrogens is 395 g/mol. The largest absolute Gasteiger partial charge is 0.457 e. The van der Waals surface area contributed by atoms with E-state index in [1.165, 1.54) is 12.1 Å². The van der Waals surface area contributed by atoms with Crippen molar-refractivity contribution >= 4 is 17.6 Å². The van der Waals surface area contributed by atoms with Crippen LogP contribution in [0.4, 0.5) is 18.9 Å². The van der Waals surface area contributed by atoms with Gasteiger partial charge in [0.25, 0.3) is 0 Å². The molecule has 2 aromatic rings. The maximum Gasteiger partial charge on any atom is 0.416 e. The van der Waals surface area contributed by atoms with Crippen LogP contribution < -0.4 is 21.1 Å². The molecule has 158 valence electrons. The molecule has 0 atom stereocenters. The molecule has 1 fully saturated rings. The summed E-state index contributed by atoms with van der Waals surface area (Å²) in [5, 5.41) is 0. The first-order chi connectivity index (χ1) is 14.3. The Morgan fingerprint density at radius 3 is 2.30 bits per heavy atom. The summed E-state index contributed by atoms with van der Waals surface area (Å²) in [5.41, 5.74) is 11.5. The number of hydrogen-bond donors (Lipinski definition) is 2. The molecule has 1 aliphatic carbocycles. The van der Waals surface area contributed by atoms with Crippen LogP contribution in [0.3, 0.4) is 0 Å². The zero-order valence-electron chi connectivity index (χ0n) is 16.2. The second-order valence-corrected chi connectivity index (χ2v) is 7.44. The average molecular weight is 417 g/mol. The van der Waals surface area contributed by atoms with Gasteiger partial charge in [-0.1, -0.05) is 12.5 Å². The molecule has 1 aliphatic heterocycles. The van der Waals surface area contributed by atoms with Gasteiger partial charge in [-0.15, -0.1) is 0 Å². The summed E-state index contributed by atoms with van der Waals surface area (Å²) in [6.45, 7) is 0. The summed E-state index contributed by atoms with van der Waals surface area (Å²) in [6, 6.07) is 11.7. The van der Waals surface area contributed by atoms with Crippen molar-refractivity contribution in [1.29, 1.82) is 0 Å². The number of ether oxygens (including phenoxy) is 1. The van der Waals surface area contributed by atoms with Gasteiger partial charge in [-0.3, -0.25) is 4.90 Å². The van der Waals surface area contributed by atoms with Crippen molar-refractivity contribution in [1.82, 2.24) is 0 Å².